The molecule has 0 saturated carbocycles. The van der Waals surface area contributed by atoms with Crippen molar-refractivity contribution in [3.63, 3.8) is 0 Å². The number of aromatic nitrogens is 1. The van der Waals surface area contributed by atoms with Gasteiger partial charge in [0.15, 0.2) is 0 Å². The first kappa shape index (κ1) is 27.7. The highest BCUT2D eigenvalue weighted by molar-refractivity contribution is 6.21. The first-order chi connectivity index (χ1) is 24.3. The molecule has 0 amide bonds. The van der Waals surface area contributed by atoms with Crippen molar-refractivity contribution in [2.24, 2.45) is 0 Å². The molecule has 8 aromatic carbocycles. The number of hydrogen-bond acceptors (Lipinski definition) is 1. The van der Waals surface area contributed by atoms with E-state index in [0.717, 1.165) is 33.9 Å². The van der Waals surface area contributed by atoms with E-state index >= 15 is 0 Å². The van der Waals surface area contributed by atoms with Crippen molar-refractivity contribution in [3.05, 3.63) is 210 Å². The Bertz CT molecular complexity index is 2630. The second kappa shape index (κ2) is 10.8. The minimum Gasteiger partial charge on any atom is -0.457 e. The van der Waals surface area contributed by atoms with E-state index in [0.29, 0.717) is 0 Å². The summed E-state index contributed by atoms with van der Waals surface area (Å²) in [6.07, 6.45) is 0. The van der Waals surface area contributed by atoms with Gasteiger partial charge in [-0.1, -0.05) is 146 Å². The normalized spacial score (nSPS) is 13.2. The van der Waals surface area contributed by atoms with Gasteiger partial charge in [0.1, 0.15) is 11.5 Å². The van der Waals surface area contributed by atoms with Gasteiger partial charge in [0.05, 0.1) is 16.4 Å². The maximum Gasteiger partial charge on any atom is 0.132 e. The molecule has 2 nitrogen and oxygen atoms in total. The van der Waals surface area contributed by atoms with Crippen molar-refractivity contribution < 1.29 is 4.74 Å². The van der Waals surface area contributed by atoms with Crippen molar-refractivity contribution in [3.8, 4) is 28.3 Å². The van der Waals surface area contributed by atoms with Crippen LogP contribution in [0.2, 0.25) is 0 Å². The average molecular weight is 626 g/mol. The van der Waals surface area contributed by atoms with Gasteiger partial charge in [-0.3, -0.25) is 0 Å². The van der Waals surface area contributed by atoms with E-state index < -0.39 is 5.41 Å². The molecule has 0 fully saturated rings. The van der Waals surface area contributed by atoms with Crippen LogP contribution in [0.1, 0.15) is 22.3 Å². The van der Waals surface area contributed by atoms with Crippen molar-refractivity contribution in [1.29, 1.82) is 0 Å². The van der Waals surface area contributed by atoms with E-state index in [9.17, 15) is 0 Å². The molecule has 0 aliphatic carbocycles. The zero-order chi connectivity index (χ0) is 32.4. The highest BCUT2D eigenvalue weighted by atomic mass is 16.5. The fraction of sp³-hybridized carbons (Fsp3) is 0.0213. The molecule has 10 rings (SSSR count). The Morgan fingerprint density at radius 2 is 1.02 bits per heavy atom. The van der Waals surface area contributed by atoms with Gasteiger partial charge in [-0.05, 0) is 69.9 Å². The summed E-state index contributed by atoms with van der Waals surface area (Å²) < 4.78 is 9.22. The maximum absolute atomic E-state index is 6.78. The van der Waals surface area contributed by atoms with Crippen molar-refractivity contribution in [1.82, 2.24) is 4.57 Å². The van der Waals surface area contributed by atoms with Crippen LogP contribution >= 0.6 is 0 Å². The Morgan fingerprint density at radius 3 is 1.78 bits per heavy atom. The van der Waals surface area contributed by atoms with Crippen LogP contribution in [0.3, 0.4) is 0 Å². The van der Waals surface area contributed by atoms with Gasteiger partial charge in [0, 0.05) is 33.2 Å². The Hall–Kier alpha value is -6.38. The van der Waals surface area contributed by atoms with Crippen molar-refractivity contribution in [2.75, 3.05) is 0 Å². The minimum absolute atomic E-state index is 0.599. The second-order valence-electron chi connectivity index (χ2n) is 12.8. The summed E-state index contributed by atoms with van der Waals surface area (Å²) in [6.45, 7) is 0. The lowest BCUT2D eigenvalue weighted by atomic mass is 9.63. The van der Waals surface area contributed by atoms with Crippen LogP contribution in [0.15, 0.2) is 188 Å². The molecule has 9 aromatic rings. The Labute approximate surface area is 285 Å². The standard InChI is InChI=1S/C47H31NO/c1-4-17-34(18-5-1)47(35-19-6-2-7-20-35)40-25-13-15-27-43(40)49-44-29-28-33(31-41(44)47)45-37-23-11-10-16-32(37)30-39-38-24-12-14-26-42(38)48(46(39)45)36-21-8-3-9-22-36/h1-31H. The maximum atomic E-state index is 6.78. The van der Waals surface area contributed by atoms with Gasteiger partial charge >= 0.3 is 0 Å². The highest BCUT2D eigenvalue weighted by Crippen LogP contribution is 2.56. The van der Waals surface area contributed by atoms with Gasteiger partial charge in [-0.2, -0.15) is 0 Å². The molecule has 0 bridgehead atoms. The van der Waals surface area contributed by atoms with E-state index in [-0.39, 0.29) is 0 Å². The Balaban J connectivity index is 1.37. The minimum atomic E-state index is -0.599. The van der Waals surface area contributed by atoms with Gasteiger partial charge in [-0.15, -0.1) is 0 Å². The number of rotatable bonds is 4. The predicted molar refractivity (Wildman–Crippen MR) is 202 cm³/mol. The van der Waals surface area contributed by atoms with Crippen LogP contribution < -0.4 is 4.74 Å². The Kier molecular flexibility index (Phi) is 6.13. The lowest BCUT2D eigenvalue weighted by Crippen LogP contribution is -2.34. The van der Waals surface area contributed by atoms with Crippen LogP contribution in [0.25, 0.3) is 49.4 Å². The van der Waals surface area contributed by atoms with Gasteiger partial charge in [0.2, 0.25) is 0 Å². The van der Waals surface area contributed by atoms with Crippen LogP contribution in [-0.2, 0) is 5.41 Å². The third-order valence-electron chi connectivity index (χ3n) is 10.3. The first-order valence-corrected chi connectivity index (χ1v) is 16.9. The second-order valence-corrected chi connectivity index (χ2v) is 12.8. The monoisotopic (exact) mass is 625 g/mol. The fourth-order valence-electron chi connectivity index (χ4n) is 8.29. The molecule has 1 aliphatic rings. The number of benzene rings is 8. The summed E-state index contributed by atoms with van der Waals surface area (Å²) >= 11 is 0. The topological polar surface area (TPSA) is 14.2 Å². The number of ether oxygens (including phenoxy) is 1. The molecule has 2 heterocycles. The number of hydrogen-bond donors (Lipinski definition) is 0. The summed E-state index contributed by atoms with van der Waals surface area (Å²) in [5.74, 6) is 1.75. The number of nitrogens with zero attached hydrogens (tertiary/aromatic N) is 1. The SMILES string of the molecule is c1ccc(-n2c3ccccc3c3cc4ccccc4c(-c4ccc5c(c4)C(c4ccccc4)(c4ccccc4)c4ccccc4O5)c32)cc1. The molecule has 0 N–H and O–H groups in total. The quantitative estimate of drug-likeness (QED) is 0.190. The molecule has 0 radical (unpaired) electrons. The molecule has 0 spiro atoms. The Morgan fingerprint density at radius 1 is 0.429 bits per heavy atom. The van der Waals surface area contributed by atoms with Crippen LogP contribution in [0.5, 0.6) is 11.5 Å². The lowest BCUT2D eigenvalue weighted by molar-refractivity contribution is 0.434. The van der Waals surface area contributed by atoms with E-state index in [1.807, 2.05) is 0 Å². The summed E-state index contributed by atoms with van der Waals surface area (Å²) in [4.78, 5) is 0. The van der Waals surface area contributed by atoms with Gasteiger partial charge in [0.25, 0.3) is 0 Å². The lowest BCUT2D eigenvalue weighted by Gasteiger charge is -2.41. The number of para-hydroxylation sites is 3. The molecule has 2 heteroatoms. The van der Waals surface area contributed by atoms with E-state index in [4.69, 9.17) is 4.74 Å². The number of fused-ring (bicyclic) bond motifs is 6. The first-order valence-electron chi connectivity index (χ1n) is 16.9. The third-order valence-corrected chi connectivity index (χ3v) is 10.3. The predicted octanol–water partition coefficient (Wildman–Crippen LogP) is 12.1. The summed E-state index contributed by atoms with van der Waals surface area (Å²) in [6, 6.07) is 67.9. The van der Waals surface area contributed by atoms with Gasteiger partial charge < -0.3 is 9.30 Å². The molecule has 1 aliphatic heterocycles. The molecule has 0 saturated heterocycles. The van der Waals surface area contributed by atoms with Crippen molar-refractivity contribution in [2.45, 2.75) is 5.41 Å². The van der Waals surface area contributed by atoms with E-state index in [1.165, 1.54) is 49.3 Å². The van der Waals surface area contributed by atoms with Gasteiger partial charge in [-0.25, -0.2) is 0 Å². The molecular weight excluding hydrogens is 595 g/mol. The third kappa shape index (κ3) is 4.01. The summed E-state index contributed by atoms with van der Waals surface area (Å²) in [5.41, 5.74) is 9.98. The highest BCUT2D eigenvalue weighted by Gasteiger charge is 2.45. The van der Waals surface area contributed by atoms with Crippen LogP contribution in [0.4, 0.5) is 0 Å². The molecule has 1 aromatic heterocycles. The molecule has 0 unspecified atom stereocenters. The molecular formula is C47H31NO. The fourth-order valence-corrected chi connectivity index (χ4v) is 8.29. The van der Waals surface area contributed by atoms with Crippen molar-refractivity contribution >= 4 is 32.6 Å². The molecule has 0 atom stereocenters. The summed E-state index contributed by atoms with van der Waals surface area (Å²) in [7, 11) is 0. The largest absolute Gasteiger partial charge is 0.457 e. The van der Waals surface area contributed by atoms with E-state index in [1.54, 1.807) is 0 Å². The van der Waals surface area contributed by atoms with E-state index in [2.05, 4.69) is 193 Å². The van der Waals surface area contributed by atoms with Crippen LogP contribution in [0, 0.1) is 0 Å². The molecule has 49 heavy (non-hydrogen) atoms. The summed E-state index contributed by atoms with van der Waals surface area (Å²) in [5, 5.41) is 4.92. The smallest absolute Gasteiger partial charge is 0.132 e. The molecule has 230 valence electrons. The van der Waals surface area contributed by atoms with Crippen LogP contribution in [-0.4, -0.2) is 4.57 Å². The zero-order valence-corrected chi connectivity index (χ0v) is 26.8. The average Bonchev–Trinajstić information content (AvgIpc) is 3.50. The zero-order valence-electron chi connectivity index (χ0n) is 26.8.